The van der Waals surface area contributed by atoms with Crippen LogP contribution in [0.4, 0.5) is 0 Å². The normalized spacial score (nSPS) is 27.7. The highest BCUT2D eigenvalue weighted by molar-refractivity contribution is 7.89. The van der Waals surface area contributed by atoms with Crippen LogP contribution in [-0.2, 0) is 10.0 Å². The van der Waals surface area contributed by atoms with Crippen LogP contribution in [0.2, 0.25) is 0 Å². The number of benzene rings is 1. The number of sulfonamides is 1. The summed E-state index contributed by atoms with van der Waals surface area (Å²) < 4.78 is 22.5. The monoisotopic (exact) mass is 309 g/mol. The van der Waals surface area contributed by atoms with Crippen molar-refractivity contribution in [3.63, 3.8) is 0 Å². The van der Waals surface area contributed by atoms with Crippen molar-refractivity contribution in [2.75, 3.05) is 13.1 Å². The number of nitrogens with zero attached hydrogens (tertiary/aromatic N) is 1. The molecule has 3 rings (SSSR count). The van der Waals surface area contributed by atoms with Crippen molar-refractivity contribution >= 4 is 10.0 Å². The molecule has 0 bridgehead atoms. The van der Waals surface area contributed by atoms with Crippen LogP contribution < -0.4 is 10.5 Å². The van der Waals surface area contributed by atoms with Gasteiger partial charge < -0.3 is 5.32 Å². The molecule has 1 aromatic carbocycles. The van der Waals surface area contributed by atoms with E-state index in [4.69, 9.17) is 5.14 Å². The first-order valence-electron chi connectivity index (χ1n) is 7.58. The summed E-state index contributed by atoms with van der Waals surface area (Å²) in [4.78, 5) is 2.75. The van der Waals surface area contributed by atoms with Crippen molar-refractivity contribution in [3.8, 4) is 0 Å². The number of hydrogen-bond donors (Lipinski definition) is 2. The van der Waals surface area contributed by atoms with Gasteiger partial charge in [-0.3, -0.25) is 4.90 Å². The van der Waals surface area contributed by atoms with Crippen LogP contribution in [0.1, 0.15) is 37.8 Å². The lowest BCUT2D eigenvalue weighted by molar-refractivity contribution is 0.291. The van der Waals surface area contributed by atoms with Crippen molar-refractivity contribution in [2.45, 2.75) is 49.2 Å². The molecule has 3 N–H and O–H groups in total. The number of nitrogens with one attached hydrogen (secondary N) is 1. The van der Waals surface area contributed by atoms with Crippen molar-refractivity contribution in [3.05, 3.63) is 29.8 Å². The molecule has 5 nitrogen and oxygen atoms in total. The van der Waals surface area contributed by atoms with Crippen LogP contribution in [0.5, 0.6) is 0 Å². The van der Waals surface area contributed by atoms with Crippen molar-refractivity contribution in [1.29, 1.82) is 0 Å². The third-order valence-electron chi connectivity index (χ3n) is 4.78. The summed E-state index contributed by atoms with van der Waals surface area (Å²) in [5, 5.41) is 8.83. The van der Waals surface area contributed by atoms with Crippen LogP contribution in [0, 0.1) is 0 Å². The molecule has 116 valence electrons. The maximum absolute atomic E-state index is 11.3. The second kappa shape index (κ2) is 5.68. The van der Waals surface area contributed by atoms with Crippen LogP contribution in [0.3, 0.4) is 0 Å². The fourth-order valence-corrected chi connectivity index (χ4v) is 4.16. The van der Waals surface area contributed by atoms with E-state index in [2.05, 4.69) is 17.1 Å². The Morgan fingerprint density at radius 3 is 2.62 bits per heavy atom. The molecule has 3 unspecified atom stereocenters. The van der Waals surface area contributed by atoms with Gasteiger partial charge in [-0.15, -0.1) is 0 Å². The molecule has 6 heteroatoms. The average molecular weight is 309 g/mol. The third kappa shape index (κ3) is 3.13. The second-order valence-electron chi connectivity index (χ2n) is 6.14. The lowest BCUT2D eigenvalue weighted by atomic mass is 10.0. The first-order valence-corrected chi connectivity index (χ1v) is 9.12. The lowest BCUT2D eigenvalue weighted by Crippen LogP contribution is -2.40. The minimum absolute atomic E-state index is 0.168. The highest BCUT2D eigenvalue weighted by atomic mass is 32.2. The van der Waals surface area contributed by atoms with Gasteiger partial charge >= 0.3 is 0 Å². The maximum Gasteiger partial charge on any atom is 0.238 e. The van der Waals surface area contributed by atoms with E-state index in [0.717, 1.165) is 5.56 Å². The second-order valence-corrected chi connectivity index (χ2v) is 7.70. The Morgan fingerprint density at radius 2 is 1.95 bits per heavy atom. The number of fused-ring (bicyclic) bond motifs is 1. The van der Waals surface area contributed by atoms with E-state index in [1.54, 1.807) is 12.1 Å². The SMILES string of the molecule is CC(NC1CCN2CCCC12)c1ccc(S(N)(=O)=O)cc1. The third-order valence-corrected chi connectivity index (χ3v) is 5.71. The van der Waals surface area contributed by atoms with E-state index >= 15 is 0 Å². The summed E-state index contributed by atoms with van der Waals surface area (Å²) in [6.45, 7) is 4.56. The van der Waals surface area contributed by atoms with Crippen molar-refractivity contribution in [1.82, 2.24) is 10.2 Å². The van der Waals surface area contributed by atoms with E-state index in [1.165, 1.54) is 32.4 Å². The maximum atomic E-state index is 11.3. The molecule has 2 fully saturated rings. The van der Waals surface area contributed by atoms with E-state index in [9.17, 15) is 8.42 Å². The van der Waals surface area contributed by atoms with E-state index in [1.807, 2.05) is 12.1 Å². The Hall–Kier alpha value is -0.950. The summed E-state index contributed by atoms with van der Waals surface area (Å²) in [7, 11) is -3.61. The molecule has 0 spiro atoms. The smallest absolute Gasteiger partial charge is 0.238 e. The van der Waals surface area contributed by atoms with Crippen LogP contribution in [0.25, 0.3) is 0 Å². The Balaban J connectivity index is 1.67. The largest absolute Gasteiger partial charge is 0.306 e. The van der Waals surface area contributed by atoms with Crippen LogP contribution in [0.15, 0.2) is 29.2 Å². The quantitative estimate of drug-likeness (QED) is 0.877. The molecule has 0 amide bonds. The Morgan fingerprint density at radius 1 is 1.24 bits per heavy atom. The zero-order valence-corrected chi connectivity index (χ0v) is 13.1. The van der Waals surface area contributed by atoms with E-state index < -0.39 is 10.0 Å². The van der Waals surface area contributed by atoms with Crippen LogP contribution in [-0.4, -0.2) is 38.5 Å². The molecule has 0 radical (unpaired) electrons. The van der Waals surface area contributed by atoms with Gasteiger partial charge in [0.1, 0.15) is 0 Å². The van der Waals surface area contributed by atoms with E-state index in [-0.39, 0.29) is 10.9 Å². The minimum Gasteiger partial charge on any atom is -0.306 e. The molecule has 0 aliphatic carbocycles. The zero-order chi connectivity index (χ0) is 15.0. The lowest BCUT2D eigenvalue weighted by Gasteiger charge is -2.25. The standard InChI is InChI=1S/C15H23N3O2S/c1-11(12-4-6-13(7-5-12)21(16,19)20)17-14-8-10-18-9-2-3-15(14)18/h4-7,11,14-15,17H,2-3,8-10H2,1H3,(H2,16,19,20). The molecule has 2 aliphatic heterocycles. The van der Waals surface area contributed by atoms with E-state index in [0.29, 0.717) is 12.1 Å². The Bertz CT molecular complexity index is 600. The fourth-order valence-electron chi connectivity index (χ4n) is 3.64. The van der Waals surface area contributed by atoms with Gasteiger partial charge in [0.25, 0.3) is 0 Å². The highest BCUT2D eigenvalue weighted by Gasteiger charge is 2.37. The zero-order valence-electron chi connectivity index (χ0n) is 12.3. The summed E-state index contributed by atoms with van der Waals surface area (Å²) in [6.07, 6.45) is 3.79. The molecule has 0 aromatic heterocycles. The average Bonchev–Trinajstić information content (AvgIpc) is 3.03. The van der Waals surface area contributed by atoms with Gasteiger partial charge in [-0.1, -0.05) is 12.1 Å². The van der Waals surface area contributed by atoms with Gasteiger partial charge in [-0.05, 0) is 50.4 Å². The summed E-state index contributed by atoms with van der Waals surface area (Å²) in [5.41, 5.74) is 1.10. The summed E-state index contributed by atoms with van der Waals surface area (Å²) >= 11 is 0. The first kappa shape index (κ1) is 15.0. The summed E-state index contributed by atoms with van der Waals surface area (Å²) in [6, 6.07) is 8.29. The molecule has 2 heterocycles. The number of rotatable bonds is 4. The van der Waals surface area contributed by atoms with Gasteiger partial charge in [-0.25, -0.2) is 13.6 Å². The molecular weight excluding hydrogens is 286 g/mol. The molecule has 3 atom stereocenters. The molecule has 2 aliphatic rings. The first-order chi connectivity index (χ1) is 9.95. The summed E-state index contributed by atoms with van der Waals surface area (Å²) in [5.74, 6) is 0. The highest BCUT2D eigenvalue weighted by Crippen LogP contribution is 2.29. The number of hydrogen-bond acceptors (Lipinski definition) is 4. The van der Waals surface area contributed by atoms with Gasteiger partial charge in [0, 0.05) is 24.7 Å². The molecule has 2 saturated heterocycles. The molecule has 21 heavy (non-hydrogen) atoms. The van der Waals surface area contributed by atoms with Crippen LogP contribution >= 0.6 is 0 Å². The molecule has 0 saturated carbocycles. The van der Waals surface area contributed by atoms with Crippen molar-refractivity contribution in [2.24, 2.45) is 5.14 Å². The topological polar surface area (TPSA) is 75.4 Å². The predicted octanol–water partition coefficient (Wildman–Crippen LogP) is 1.22. The van der Waals surface area contributed by atoms with Gasteiger partial charge in [0.05, 0.1) is 4.90 Å². The number of primary sulfonamides is 1. The predicted molar refractivity (Wildman–Crippen MR) is 82.4 cm³/mol. The van der Waals surface area contributed by atoms with Gasteiger partial charge in [0.15, 0.2) is 0 Å². The molecular formula is C15H23N3O2S. The number of nitrogens with two attached hydrogens (primary N) is 1. The Kier molecular flexibility index (Phi) is 4.05. The molecule has 1 aromatic rings. The minimum atomic E-state index is -3.61. The van der Waals surface area contributed by atoms with Crippen molar-refractivity contribution < 1.29 is 8.42 Å². The fraction of sp³-hybridized carbons (Fsp3) is 0.600. The van der Waals surface area contributed by atoms with Gasteiger partial charge in [-0.2, -0.15) is 0 Å². The Labute approximate surface area is 126 Å². The van der Waals surface area contributed by atoms with Gasteiger partial charge in [0.2, 0.25) is 10.0 Å².